The Labute approximate surface area is 146 Å². The lowest BCUT2D eigenvalue weighted by atomic mass is 10.1. The maximum atomic E-state index is 5.89. The molecule has 0 amide bonds. The van der Waals surface area contributed by atoms with Gasteiger partial charge in [0.25, 0.3) is 0 Å². The molecule has 0 radical (unpaired) electrons. The van der Waals surface area contributed by atoms with Crippen LogP contribution in [0.2, 0.25) is 5.02 Å². The van der Waals surface area contributed by atoms with Crippen molar-refractivity contribution in [2.24, 2.45) is 0 Å². The first kappa shape index (κ1) is 16.2. The van der Waals surface area contributed by atoms with E-state index in [0.717, 1.165) is 21.8 Å². The van der Waals surface area contributed by atoms with Gasteiger partial charge in [0.05, 0.1) is 6.20 Å². The van der Waals surface area contributed by atoms with Crippen molar-refractivity contribution >= 4 is 29.1 Å². The average molecular weight is 340 g/mol. The van der Waals surface area contributed by atoms with Gasteiger partial charge < -0.3 is 10.6 Å². The van der Waals surface area contributed by atoms with E-state index in [4.69, 9.17) is 11.6 Å². The maximum absolute atomic E-state index is 5.89. The summed E-state index contributed by atoms with van der Waals surface area (Å²) in [5, 5.41) is 15.2. The van der Waals surface area contributed by atoms with Crippen molar-refractivity contribution < 1.29 is 0 Å². The van der Waals surface area contributed by atoms with Crippen molar-refractivity contribution in [1.82, 2.24) is 15.2 Å². The van der Waals surface area contributed by atoms with Crippen LogP contribution in [0.4, 0.5) is 17.5 Å². The molecule has 0 aliphatic carbocycles. The van der Waals surface area contributed by atoms with Crippen molar-refractivity contribution in [3.8, 4) is 0 Å². The van der Waals surface area contributed by atoms with Crippen LogP contribution in [-0.4, -0.2) is 15.2 Å². The number of hydrogen-bond donors (Lipinski definition) is 2. The number of aryl methyl sites for hydroxylation is 2. The molecule has 0 unspecified atom stereocenters. The summed E-state index contributed by atoms with van der Waals surface area (Å²) in [6.45, 7) is 4.75. The average Bonchev–Trinajstić information content (AvgIpc) is 2.57. The van der Waals surface area contributed by atoms with Crippen LogP contribution in [-0.2, 0) is 6.54 Å². The molecule has 0 saturated heterocycles. The molecule has 0 saturated carbocycles. The van der Waals surface area contributed by atoms with Gasteiger partial charge in [-0.15, -0.1) is 5.10 Å². The molecule has 0 aliphatic heterocycles. The quantitative estimate of drug-likeness (QED) is 0.716. The van der Waals surface area contributed by atoms with E-state index in [1.807, 2.05) is 43.3 Å². The van der Waals surface area contributed by atoms with Crippen LogP contribution < -0.4 is 10.6 Å². The first-order valence-electron chi connectivity index (χ1n) is 7.62. The normalized spacial score (nSPS) is 10.5. The van der Waals surface area contributed by atoms with Crippen LogP contribution in [0, 0.1) is 13.8 Å². The Morgan fingerprint density at radius 2 is 1.83 bits per heavy atom. The third-order valence-corrected chi connectivity index (χ3v) is 3.83. The van der Waals surface area contributed by atoms with E-state index in [1.54, 1.807) is 6.20 Å². The highest BCUT2D eigenvalue weighted by molar-refractivity contribution is 6.30. The minimum atomic E-state index is 0.461. The summed E-state index contributed by atoms with van der Waals surface area (Å²) < 4.78 is 0. The maximum Gasteiger partial charge on any atom is 0.249 e. The second-order valence-corrected chi connectivity index (χ2v) is 6.03. The summed E-state index contributed by atoms with van der Waals surface area (Å²) >= 11 is 5.89. The molecule has 2 N–H and O–H groups in total. The Kier molecular flexibility index (Phi) is 4.91. The van der Waals surface area contributed by atoms with E-state index in [9.17, 15) is 0 Å². The number of nitrogens with one attached hydrogen (secondary N) is 2. The van der Waals surface area contributed by atoms with Gasteiger partial charge in [0.15, 0.2) is 5.82 Å². The Balaban J connectivity index is 1.68. The predicted molar refractivity (Wildman–Crippen MR) is 97.8 cm³/mol. The number of nitrogens with zero attached hydrogens (tertiary/aromatic N) is 3. The number of benzene rings is 2. The van der Waals surface area contributed by atoms with E-state index < -0.39 is 0 Å². The summed E-state index contributed by atoms with van der Waals surface area (Å²) in [6.07, 6.45) is 1.60. The van der Waals surface area contributed by atoms with E-state index in [1.165, 1.54) is 5.56 Å². The van der Waals surface area contributed by atoms with Gasteiger partial charge in [0, 0.05) is 17.3 Å². The summed E-state index contributed by atoms with van der Waals surface area (Å²) in [5.41, 5.74) is 4.44. The van der Waals surface area contributed by atoms with Crippen molar-refractivity contribution in [2.75, 3.05) is 10.6 Å². The molecule has 5 nitrogen and oxygen atoms in total. The molecule has 3 rings (SSSR count). The zero-order valence-corrected chi connectivity index (χ0v) is 14.3. The molecular formula is C18H18ClN5. The highest BCUT2D eigenvalue weighted by Gasteiger charge is 2.04. The number of halogens is 1. The monoisotopic (exact) mass is 339 g/mol. The van der Waals surface area contributed by atoms with Crippen molar-refractivity contribution in [3.63, 3.8) is 0 Å². The van der Waals surface area contributed by atoms with E-state index in [2.05, 4.69) is 38.8 Å². The summed E-state index contributed by atoms with van der Waals surface area (Å²) in [7, 11) is 0. The highest BCUT2D eigenvalue weighted by Crippen LogP contribution is 2.19. The number of aromatic nitrogens is 3. The van der Waals surface area contributed by atoms with E-state index in [-0.39, 0.29) is 0 Å². The lowest BCUT2D eigenvalue weighted by Crippen LogP contribution is -2.06. The summed E-state index contributed by atoms with van der Waals surface area (Å²) in [6, 6.07) is 13.8. The minimum absolute atomic E-state index is 0.461. The zero-order valence-electron chi connectivity index (χ0n) is 13.5. The van der Waals surface area contributed by atoms with Crippen molar-refractivity contribution in [1.29, 1.82) is 0 Å². The van der Waals surface area contributed by atoms with Gasteiger partial charge in [-0.05, 0) is 43.2 Å². The SMILES string of the molecule is Cc1ccc(Nc2nncc(NCc3ccc(Cl)cc3)n2)c(C)c1. The molecule has 0 aliphatic rings. The Morgan fingerprint density at radius 3 is 2.58 bits per heavy atom. The smallest absolute Gasteiger partial charge is 0.249 e. The molecule has 1 heterocycles. The predicted octanol–water partition coefficient (Wildman–Crippen LogP) is 4.50. The molecule has 24 heavy (non-hydrogen) atoms. The van der Waals surface area contributed by atoms with Crippen LogP contribution in [0.5, 0.6) is 0 Å². The zero-order chi connectivity index (χ0) is 16.9. The van der Waals surface area contributed by atoms with Crippen molar-refractivity contribution in [3.05, 3.63) is 70.4 Å². The third-order valence-electron chi connectivity index (χ3n) is 3.57. The van der Waals surface area contributed by atoms with E-state index in [0.29, 0.717) is 18.3 Å². The lowest BCUT2D eigenvalue weighted by molar-refractivity contribution is 0.965. The van der Waals surface area contributed by atoms with Crippen molar-refractivity contribution in [2.45, 2.75) is 20.4 Å². The second kappa shape index (κ2) is 7.27. The van der Waals surface area contributed by atoms with Crippen LogP contribution in [0.3, 0.4) is 0 Å². The summed E-state index contributed by atoms with van der Waals surface area (Å²) in [5.74, 6) is 1.12. The van der Waals surface area contributed by atoms with Gasteiger partial charge in [-0.3, -0.25) is 0 Å². The van der Waals surface area contributed by atoms with E-state index >= 15 is 0 Å². The number of rotatable bonds is 5. The Hall–Kier alpha value is -2.66. The van der Waals surface area contributed by atoms with Gasteiger partial charge >= 0.3 is 0 Å². The van der Waals surface area contributed by atoms with Gasteiger partial charge in [-0.25, -0.2) is 0 Å². The first-order chi connectivity index (χ1) is 11.6. The van der Waals surface area contributed by atoms with Gasteiger partial charge in [-0.1, -0.05) is 41.4 Å². The molecule has 3 aromatic rings. The molecule has 0 fully saturated rings. The Bertz CT molecular complexity index is 833. The van der Waals surface area contributed by atoms with Crippen LogP contribution in [0.15, 0.2) is 48.7 Å². The topological polar surface area (TPSA) is 62.7 Å². The molecule has 2 aromatic carbocycles. The first-order valence-corrected chi connectivity index (χ1v) is 8.00. The molecular weight excluding hydrogens is 322 g/mol. The molecule has 0 spiro atoms. The second-order valence-electron chi connectivity index (χ2n) is 5.59. The van der Waals surface area contributed by atoms with Gasteiger partial charge in [0.2, 0.25) is 5.95 Å². The molecule has 0 atom stereocenters. The van der Waals surface area contributed by atoms with Crippen LogP contribution in [0.1, 0.15) is 16.7 Å². The fraction of sp³-hybridized carbons (Fsp3) is 0.167. The lowest BCUT2D eigenvalue weighted by Gasteiger charge is -2.10. The van der Waals surface area contributed by atoms with Crippen LogP contribution >= 0.6 is 11.6 Å². The minimum Gasteiger partial charge on any atom is -0.365 e. The number of hydrogen-bond acceptors (Lipinski definition) is 5. The van der Waals surface area contributed by atoms with Gasteiger partial charge in [0.1, 0.15) is 0 Å². The molecule has 6 heteroatoms. The molecule has 0 bridgehead atoms. The Morgan fingerprint density at radius 1 is 1.04 bits per heavy atom. The standard InChI is InChI=1S/C18H18ClN5/c1-12-3-8-16(13(2)9-12)22-18-23-17(11-21-24-18)20-10-14-4-6-15(19)7-5-14/h3-9,11H,10H2,1-2H3,(H2,20,22,23,24). The third kappa shape index (κ3) is 4.20. The molecule has 122 valence electrons. The highest BCUT2D eigenvalue weighted by atomic mass is 35.5. The largest absolute Gasteiger partial charge is 0.365 e. The fourth-order valence-electron chi connectivity index (χ4n) is 2.31. The fourth-order valence-corrected chi connectivity index (χ4v) is 2.44. The van der Waals surface area contributed by atoms with Gasteiger partial charge in [-0.2, -0.15) is 10.1 Å². The number of anilines is 3. The molecule has 1 aromatic heterocycles. The van der Waals surface area contributed by atoms with Crippen LogP contribution in [0.25, 0.3) is 0 Å². The summed E-state index contributed by atoms with van der Waals surface area (Å²) in [4.78, 5) is 4.44.